The highest BCUT2D eigenvalue weighted by molar-refractivity contribution is 7.89. The largest absolute Gasteiger partial charge is 0.298 e. The average molecular weight is 462 g/mol. The van der Waals surface area contributed by atoms with Gasteiger partial charge < -0.3 is 0 Å². The number of fused-ring (bicyclic) bond motifs is 1. The molecule has 0 saturated heterocycles. The molecule has 0 aliphatic heterocycles. The van der Waals surface area contributed by atoms with E-state index < -0.39 is 10.0 Å². The van der Waals surface area contributed by atoms with Gasteiger partial charge in [0, 0.05) is 23.7 Å². The molecule has 1 amide bonds. The van der Waals surface area contributed by atoms with Crippen molar-refractivity contribution >= 4 is 54.2 Å². The summed E-state index contributed by atoms with van der Waals surface area (Å²) in [5.74, 6) is -0.379. The fraction of sp³-hybridized carbons (Fsp3) is 0.143. The molecule has 0 radical (unpaired) electrons. The number of hydrogen-bond donors (Lipinski definition) is 1. The average Bonchev–Trinajstić information content (AvgIpc) is 3.10. The van der Waals surface area contributed by atoms with E-state index in [1.807, 2.05) is 13.0 Å². The van der Waals surface area contributed by atoms with Gasteiger partial charge in [-0.25, -0.2) is 13.4 Å². The number of nitrogens with one attached hydrogen (secondary N) is 1. The van der Waals surface area contributed by atoms with Crippen LogP contribution in [0.4, 0.5) is 5.13 Å². The Labute approximate surface area is 184 Å². The molecule has 0 bridgehead atoms. The minimum atomic E-state index is -3.72. The molecule has 30 heavy (non-hydrogen) atoms. The van der Waals surface area contributed by atoms with Crippen molar-refractivity contribution in [3.05, 3.63) is 77.9 Å². The number of nitrogens with zero attached hydrogens (tertiary/aromatic N) is 2. The van der Waals surface area contributed by atoms with Crippen LogP contribution in [-0.2, 0) is 10.0 Å². The van der Waals surface area contributed by atoms with Gasteiger partial charge in [-0.15, -0.1) is 13.2 Å². The maximum Gasteiger partial charge on any atom is 0.257 e. The van der Waals surface area contributed by atoms with Crippen LogP contribution in [-0.4, -0.2) is 36.7 Å². The third-order valence-corrected chi connectivity index (χ3v) is 7.27. The molecule has 0 spiro atoms. The molecule has 2 aromatic carbocycles. The maximum absolute atomic E-state index is 12.8. The fourth-order valence-corrected chi connectivity index (χ4v) is 5.56. The van der Waals surface area contributed by atoms with Gasteiger partial charge in [-0.3, -0.25) is 10.1 Å². The predicted molar refractivity (Wildman–Crippen MR) is 123 cm³/mol. The van der Waals surface area contributed by atoms with Crippen LogP contribution in [0.25, 0.3) is 10.2 Å². The summed E-state index contributed by atoms with van der Waals surface area (Å²) >= 11 is 7.40. The van der Waals surface area contributed by atoms with Crippen LogP contribution in [0.5, 0.6) is 0 Å². The molecule has 3 rings (SSSR count). The van der Waals surface area contributed by atoms with Gasteiger partial charge in [0.1, 0.15) is 0 Å². The first-order chi connectivity index (χ1) is 14.3. The minimum Gasteiger partial charge on any atom is -0.298 e. The highest BCUT2D eigenvalue weighted by atomic mass is 35.5. The van der Waals surface area contributed by atoms with Crippen LogP contribution < -0.4 is 5.32 Å². The van der Waals surface area contributed by atoms with Crippen LogP contribution in [0, 0.1) is 6.92 Å². The molecule has 0 fully saturated rings. The zero-order valence-corrected chi connectivity index (χ0v) is 18.6. The predicted octanol–water partition coefficient (Wildman–Crippen LogP) is 4.87. The van der Waals surface area contributed by atoms with Crippen molar-refractivity contribution < 1.29 is 13.2 Å². The normalized spacial score (nSPS) is 11.6. The van der Waals surface area contributed by atoms with E-state index in [1.165, 1.54) is 52.1 Å². The number of sulfonamides is 1. The van der Waals surface area contributed by atoms with E-state index in [0.29, 0.717) is 15.7 Å². The molecule has 9 heteroatoms. The van der Waals surface area contributed by atoms with Crippen molar-refractivity contribution in [1.29, 1.82) is 0 Å². The summed E-state index contributed by atoms with van der Waals surface area (Å²) in [6.45, 7) is 9.41. The zero-order valence-electron chi connectivity index (χ0n) is 16.3. The van der Waals surface area contributed by atoms with E-state index in [2.05, 4.69) is 23.5 Å². The lowest BCUT2D eigenvalue weighted by Gasteiger charge is -2.19. The Bertz CT molecular complexity index is 1210. The fourth-order valence-electron chi connectivity index (χ4n) is 2.86. The first-order valence-corrected chi connectivity index (χ1v) is 11.6. The lowest BCUT2D eigenvalue weighted by Crippen LogP contribution is -2.31. The number of rotatable bonds is 8. The maximum atomic E-state index is 12.8. The van der Waals surface area contributed by atoms with Crippen molar-refractivity contribution in [3.8, 4) is 0 Å². The Kier molecular flexibility index (Phi) is 6.72. The monoisotopic (exact) mass is 461 g/mol. The number of aromatic nitrogens is 1. The molecule has 0 aliphatic rings. The second-order valence-electron chi connectivity index (χ2n) is 6.47. The highest BCUT2D eigenvalue weighted by Gasteiger charge is 2.22. The van der Waals surface area contributed by atoms with Crippen LogP contribution in [0.3, 0.4) is 0 Å². The SMILES string of the molecule is C=CCN(CC=C)S(=O)(=O)c1ccc(C(=O)Nc2nc3c(C)cc(Cl)cc3s2)cc1. The lowest BCUT2D eigenvalue weighted by molar-refractivity contribution is 0.102. The molecule has 156 valence electrons. The highest BCUT2D eigenvalue weighted by Crippen LogP contribution is 2.31. The summed E-state index contributed by atoms with van der Waals surface area (Å²) in [4.78, 5) is 17.1. The molecule has 0 saturated carbocycles. The van der Waals surface area contributed by atoms with Crippen molar-refractivity contribution in [2.75, 3.05) is 18.4 Å². The van der Waals surface area contributed by atoms with E-state index >= 15 is 0 Å². The van der Waals surface area contributed by atoms with Gasteiger partial charge in [-0.1, -0.05) is 35.1 Å². The smallest absolute Gasteiger partial charge is 0.257 e. The number of aryl methyl sites for hydroxylation is 1. The van der Waals surface area contributed by atoms with E-state index in [9.17, 15) is 13.2 Å². The molecular formula is C21H20ClN3O3S2. The molecular weight excluding hydrogens is 442 g/mol. The number of halogens is 1. The minimum absolute atomic E-state index is 0.0907. The van der Waals surface area contributed by atoms with E-state index in [4.69, 9.17) is 11.6 Å². The van der Waals surface area contributed by atoms with Gasteiger partial charge in [0.25, 0.3) is 5.91 Å². The number of thiazole rings is 1. The number of amides is 1. The summed E-state index contributed by atoms with van der Waals surface area (Å²) in [6, 6.07) is 9.37. The summed E-state index contributed by atoms with van der Waals surface area (Å²) in [7, 11) is -3.72. The van der Waals surface area contributed by atoms with Gasteiger partial charge in [0.2, 0.25) is 10.0 Å². The number of carbonyl (C=O) groups excluding carboxylic acids is 1. The summed E-state index contributed by atoms with van der Waals surface area (Å²) < 4.78 is 27.6. The van der Waals surface area contributed by atoms with Crippen molar-refractivity contribution in [2.45, 2.75) is 11.8 Å². The Morgan fingerprint density at radius 1 is 1.20 bits per heavy atom. The Balaban J connectivity index is 1.80. The van der Waals surface area contributed by atoms with Gasteiger partial charge in [0.05, 0.1) is 15.1 Å². The Morgan fingerprint density at radius 3 is 2.43 bits per heavy atom. The molecule has 1 heterocycles. The summed E-state index contributed by atoms with van der Waals surface area (Å²) in [5.41, 5.74) is 2.03. The van der Waals surface area contributed by atoms with Crippen LogP contribution in [0.1, 0.15) is 15.9 Å². The van der Waals surface area contributed by atoms with Gasteiger partial charge >= 0.3 is 0 Å². The third kappa shape index (κ3) is 4.62. The molecule has 0 unspecified atom stereocenters. The van der Waals surface area contributed by atoms with E-state index in [-0.39, 0.29) is 23.9 Å². The molecule has 0 aliphatic carbocycles. The first-order valence-electron chi connectivity index (χ1n) is 8.96. The third-order valence-electron chi connectivity index (χ3n) is 4.29. The van der Waals surface area contributed by atoms with E-state index in [1.54, 1.807) is 6.07 Å². The van der Waals surface area contributed by atoms with Gasteiger partial charge in [-0.2, -0.15) is 4.31 Å². The van der Waals surface area contributed by atoms with Crippen LogP contribution in [0.15, 0.2) is 66.6 Å². The first kappa shape index (κ1) is 22.2. The zero-order chi connectivity index (χ0) is 21.9. The summed E-state index contributed by atoms with van der Waals surface area (Å²) in [6.07, 6.45) is 3.02. The number of benzene rings is 2. The van der Waals surface area contributed by atoms with Gasteiger partial charge in [0.15, 0.2) is 5.13 Å². The quantitative estimate of drug-likeness (QED) is 0.485. The standard InChI is InChI=1S/C21H20ClN3O3S2/c1-4-10-25(11-5-2)30(27,28)17-8-6-15(7-9-17)20(26)24-21-23-19-14(3)12-16(22)13-18(19)29-21/h4-9,12-13H,1-2,10-11H2,3H3,(H,23,24,26). The van der Waals surface area contributed by atoms with E-state index in [0.717, 1.165) is 15.8 Å². The van der Waals surface area contributed by atoms with Gasteiger partial charge in [-0.05, 0) is 48.9 Å². The molecule has 6 nitrogen and oxygen atoms in total. The topological polar surface area (TPSA) is 79.4 Å². The number of anilines is 1. The second kappa shape index (κ2) is 9.09. The Morgan fingerprint density at radius 2 is 1.83 bits per heavy atom. The van der Waals surface area contributed by atoms with Crippen molar-refractivity contribution in [3.63, 3.8) is 0 Å². The van der Waals surface area contributed by atoms with Crippen molar-refractivity contribution in [1.82, 2.24) is 9.29 Å². The van der Waals surface area contributed by atoms with Crippen molar-refractivity contribution in [2.24, 2.45) is 0 Å². The van der Waals surface area contributed by atoms with Crippen LogP contribution in [0.2, 0.25) is 5.02 Å². The molecule has 1 N–H and O–H groups in total. The number of hydrogen-bond acceptors (Lipinski definition) is 5. The molecule has 3 aromatic rings. The Hall–Kier alpha value is -2.52. The lowest BCUT2D eigenvalue weighted by atomic mass is 10.2. The number of carbonyl (C=O) groups is 1. The summed E-state index contributed by atoms with van der Waals surface area (Å²) in [5, 5.41) is 3.81. The molecule has 0 atom stereocenters. The van der Waals surface area contributed by atoms with Crippen LogP contribution >= 0.6 is 22.9 Å². The molecule has 1 aromatic heterocycles. The second-order valence-corrected chi connectivity index (χ2v) is 9.87.